The van der Waals surface area contributed by atoms with Crippen molar-refractivity contribution in [3.05, 3.63) is 64.2 Å². The van der Waals surface area contributed by atoms with Crippen LogP contribution in [0.2, 0.25) is 0 Å². The number of ether oxygens (including phenoxy) is 1. The third-order valence-corrected chi connectivity index (χ3v) is 3.91. The van der Waals surface area contributed by atoms with Gasteiger partial charge in [0.2, 0.25) is 0 Å². The number of nitrogens with zero attached hydrogens (tertiary/aromatic N) is 1. The first-order valence-corrected chi connectivity index (χ1v) is 8.78. The number of benzene rings is 2. The maximum absolute atomic E-state index is 11.8. The van der Waals surface area contributed by atoms with E-state index in [0.717, 1.165) is 5.75 Å². The zero-order chi connectivity index (χ0) is 19.9. The molecule has 7 heteroatoms. The van der Waals surface area contributed by atoms with Gasteiger partial charge in [0.15, 0.2) is 0 Å². The van der Waals surface area contributed by atoms with Crippen LogP contribution in [-0.2, 0) is 5.41 Å². The number of urea groups is 1. The Balaban J connectivity index is 1.68. The fraction of sp³-hybridized carbons (Fsp3) is 0.350. The molecule has 2 rings (SSSR count). The molecule has 0 unspecified atom stereocenters. The van der Waals surface area contributed by atoms with Crippen LogP contribution in [0.1, 0.15) is 32.8 Å². The molecule has 2 aromatic carbocycles. The van der Waals surface area contributed by atoms with Gasteiger partial charge in [-0.1, -0.05) is 39.0 Å². The third kappa shape index (κ3) is 6.62. The van der Waals surface area contributed by atoms with E-state index in [1.807, 2.05) is 12.1 Å². The molecule has 0 aromatic heterocycles. The average Bonchev–Trinajstić information content (AvgIpc) is 2.61. The fourth-order valence-electron chi connectivity index (χ4n) is 2.39. The van der Waals surface area contributed by atoms with Gasteiger partial charge in [-0.2, -0.15) is 0 Å². The van der Waals surface area contributed by atoms with E-state index in [1.165, 1.54) is 23.8 Å². The normalized spacial score (nSPS) is 10.9. The summed E-state index contributed by atoms with van der Waals surface area (Å²) in [6, 6.07) is 13.4. The van der Waals surface area contributed by atoms with Gasteiger partial charge in [0.05, 0.1) is 11.5 Å². The summed E-state index contributed by atoms with van der Waals surface area (Å²) in [7, 11) is 0. The van der Waals surface area contributed by atoms with Crippen molar-refractivity contribution in [1.29, 1.82) is 0 Å². The molecule has 0 fully saturated rings. The molecule has 27 heavy (non-hydrogen) atoms. The number of nitro groups is 1. The summed E-state index contributed by atoms with van der Waals surface area (Å²) in [6.07, 6.45) is 0.642. The maximum atomic E-state index is 11.8. The van der Waals surface area contributed by atoms with E-state index < -0.39 is 11.0 Å². The van der Waals surface area contributed by atoms with Gasteiger partial charge in [0.1, 0.15) is 5.75 Å². The monoisotopic (exact) mass is 371 g/mol. The third-order valence-electron chi connectivity index (χ3n) is 3.91. The largest absolute Gasteiger partial charge is 0.494 e. The molecule has 2 aromatic rings. The molecule has 0 bridgehead atoms. The molecule has 144 valence electrons. The Morgan fingerprint density at radius 3 is 2.48 bits per heavy atom. The number of hydrogen-bond acceptors (Lipinski definition) is 4. The minimum Gasteiger partial charge on any atom is -0.494 e. The van der Waals surface area contributed by atoms with E-state index in [1.54, 1.807) is 6.07 Å². The Labute approximate surface area is 158 Å². The maximum Gasteiger partial charge on any atom is 0.319 e. The number of non-ortho nitro benzene ring substituents is 1. The van der Waals surface area contributed by atoms with Crippen molar-refractivity contribution in [2.24, 2.45) is 0 Å². The number of carbonyl (C=O) groups excluding carboxylic acids is 1. The molecule has 0 saturated carbocycles. The number of anilines is 1. The zero-order valence-electron chi connectivity index (χ0n) is 15.8. The van der Waals surface area contributed by atoms with Crippen molar-refractivity contribution in [1.82, 2.24) is 5.32 Å². The van der Waals surface area contributed by atoms with Crippen LogP contribution in [0.25, 0.3) is 0 Å². The van der Waals surface area contributed by atoms with Gasteiger partial charge in [0, 0.05) is 24.4 Å². The Morgan fingerprint density at radius 2 is 1.85 bits per heavy atom. The van der Waals surface area contributed by atoms with Gasteiger partial charge in [-0.25, -0.2) is 4.79 Å². The highest BCUT2D eigenvalue weighted by Crippen LogP contribution is 2.24. The average molecular weight is 371 g/mol. The number of nitro benzene ring substituents is 1. The number of carbonyl (C=O) groups is 1. The summed E-state index contributed by atoms with van der Waals surface area (Å²) >= 11 is 0. The van der Waals surface area contributed by atoms with Gasteiger partial charge in [0.25, 0.3) is 5.69 Å². The quantitative estimate of drug-likeness (QED) is 0.426. The lowest BCUT2D eigenvalue weighted by molar-refractivity contribution is -0.384. The van der Waals surface area contributed by atoms with Crippen LogP contribution >= 0.6 is 0 Å². The highest BCUT2D eigenvalue weighted by Gasteiger charge is 2.13. The van der Waals surface area contributed by atoms with Crippen LogP contribution in [0.15, 0.2) is 48.5 Å². The second-order valence-corrected chi connectivity index (χ2v) is 7.16. The van der Waals surface area contributed by atoms with Crippen LogP contribution in [0.4, 0.5) is 16.2 Å². The first-order chi connectivity index (χ1) is 12.8. The molecule has 0 atom stereocenters. The van der Waals surface area contributed by atoms with Crippen molar-refractivity contribution >= 4 is 17.4 Å². The van der Waals surface area contributed by atoms with E-state index in [4.69, 9.17) is 4.74 Å². The first-order valence-electron chi connectivity index (χ1n) is 8.78. The van der Waals surface area contributed by atoms with Crippen molar-refractivity contribution in [3.8, 4) is 5.75 Å². The lowest BCUT2D eigenvalue weighted by Crippen LogP contribution is -2.30. The molecule has 0 aliphatic heterocycles. The predicted molar refractivity (Wildman–Crippen MR) is 105 cm³/mol. The molecule has 0 aliphatic carbocycles. The van der Waals surface area contributed by atoms with Crippen molar-refractivity contribution in [2.75, 3.05) is 18.5 Å². The highest BCUT2D eigenvalue weighted by atomic mass is 16.6. The summed E-state index contributed by atoms with van der Waals surface area (Å²) in [5, 5.41) is 16.0. The van der Waals surface area contributed by atoms with Crippen LogP contribution in [0, 0.1) is 10.1 Å². The molecule has 7 nitrogen and oxygen atoms in total. The van der Waals surface area contributed by atoms with Crippen molar-refractivity contribution < 1.29 is 14.5 Å². The van der Waals surface area contributed by atoms with Crippen LogP contribution in [-0.4, -0.2) is 24.1 Å². The molecular weight excluding hydrogens is 346 g/mol. The Morgan fingerprint density at radius 1 is 1.15 bits per heavy atom. The van der Waals surface area contributed by atoms with E-state index in [-0.39, 0.29) is 11.1 Å². The minimum atomic E-state index is -0.506. The second kappa shape index (κ2) is 9.02. The number of rotatable bonds is 7. The van der Waals surface area contributed by atoms with Crippen LogP contribution in [0.3, 0.4) is 0 Å². The van der Waals surface area contributed by atoms with Crippen molar-refractivity contribution in [2.45, 2.75) is 32.6 Å². The number of amides is 2. The molecule has 0 radical (unpaired) electrons. The minimum absolute atomic E-state index is 0.0707. The summed E-state index contributed by atoms with van der Waals surface area (Å²) in [6.45, 7) is 7.39. The van der Waals surface area contributed by atoms with Gasteiger partial charge < -0.3 is 15.4 Å². The lowest BCUT2D eigenvalue weighted by atomic mass is 9.87. The first kappa shape index (κ1) is 20.2. The van der Waals surface area contributed by atoms with Gasteiger partial charge >= 0.3 is 6.03 Å². The summed E-state index contributed by atoms with van der Waals surface area (Å²) in [5.74, 6) is 0.795. The van der Waals surface area contributed by atoms with Crippen LogP contribution < -0.4 is 15.4 Å². The molecule has 2 N–H and O–H groups in total. The standard InChI is InChI=1S/C20H25N3O4/c1-20(2,3)15-8-10-18(11-9-15)27-13-5-12-21-19(24)22-16-6-4-7-17(14-16)23(25)26/h4,6-11,14H,5,12-13H2,1-3H3,(H2,21,22,24). The SMILES string of the molecule is CC(C)(C)c1ccc(OCCCNC(=O)Nc2cccc([N+](=O)[O-])c2)cc1. The summed E-state index contributed by atoms with van der Waals surface area (Å²) < 4.78 is 5.67. The van der Waals surface area contributed by atoms with Crippen LogP contribution in [0.5, 0.6) is 5.75 Å². The van der Waals surface area contributed by atoms with E-state index >= 15 is 0 Å². The number of nitrogens with one attached hydrogen (secondary N) is 2. The van der Waals surface area contributed by atoms with Gasteiger partial charge in [-0.15, -0.1) is 0 Å². The molecule has 2 amide bonds. The van der Waals surface area contributed by atoms with E-state index in [9.17, 15) is 14.9 Å². The Hall–Kier alpha value is -3.09. The smallest absolute Gasteiger partial charge is 0.319 e. The fourth-order valence-corrected chi connectivity index (χ4v) is 2.39. The highest BCUT2D eigenvalue weighted by molar-refractivity contribution is 5.89. The lowest BCUT2D eigenvalue weighted by Gasteiger charge is -2.19. The number of hydrogen-bond donors (Lipinski definition) is 2. The Bertz CT molecular complexity index is 783. The summed E-state index contributed by atoms with van der Waals surface area (Å²) in [5.41, 5.74) is 1.65. The van der Waals surface area contributed by atoms with Crippen molar-refractivity contribution in [3.63, 3.8) is 0 Å². The molecule has 0 heterocycles. The zero-order valence-corrected chi connectivity index (χ0v) is 15.8. The van der Waals surface area contributed by atoms with E-state index in [2.05, 4.69) is 43.5 Å². The predicted octanol–water partition coefficient (Wildman–Crippen LogP) is 4.48. The molecule has 0 aliphatic rings. The second-order valence-electron chi connectivity index (χ2n) is 7.16. The molecular formula is C20H25N3O4. The van der Waals surface area contributed by atoms with E-state index in [0.29, 0.717) is 25.3 Å². The summed E-state index contributed by atoms with van der Waals surface area (Å²) in [4.78, 5) is 22.1. The molecule has 0 saturated heterocycles. The van der Waals surface area contributed by atoms with Gasteiger partial charge in [-0.05, 0) is 35.6 Å². The Kier molecular flexibility index (Phi) is 6.76. The van der Waals surface area contributed by atoms with Gasteiger partial charge in [-0.3, -0.25) is 10.1 Å². The molecule has 0 spiro atoms. The topological polar surface area (TPSA) is 93.5 Å².